The molecule has 0 unspecified atom stereocenters. The Morgan fingerprint density at radius 2 is 1.94 bits per heavy atom. The topological polar surface area (TPSA) is 56.7 Å². The predicted octanol–water partition coefficient (Wildman–Crippen LogP) is 2.75. The number of nitrogen functional groups attached to an aromatic ring is 1. The highest BCUT2D eigenvalue weighted by Crippen LogP contribution is 2.21. The van der Waals surface area contributed by atoms with Crippen molar-refractivity contribution in [2.75, 3.05) is 12.0 Å². The molecule has 0 saturated heterocycles. The van der Waals surface area contributed by atoms with Crippen molar-refractivity contribution in [2.24, 2.45) is 0 Å². The van der Waals surface area contributed by atoms with Crippen LogP contribution in [0.3, 0.4) is 0 Å². The molecule has 4 nitrogen and oxygen atoms in total. The van der Waals surface area contributed by atoms with Gasteiger partial charge in [-0.3, -0.25) is 0 Å². The number of nitrogens with two attached hydrogens (primary N) is 1. The molecule has 0 aliphatic heterocycles. The van der Waals surface area contributed by atoms with E-state index >= 15 is 0 Å². The molecule has 2 N–H and O–H groups in total. The number of hydrogen-bond acceptors (Lipinski definition) is 4. The van der Waals surface area contributed by atoms with Gasteiger partial charge < -0.3 is 5.73 Å². The predicted molar refractivity (Wildman–Crippen MR) is 75.8 cm³/mol. The summed E-state index contributed by atoms with van der Waals surface area (Å²) in [5.74, 6) is 0.858. The number of anilines is 1. The summed E-state index contributed by atoms with van der Waals surface area (Å²) in [4.78, 5) is 1.26. The van der Waals surface area contributed by atoms with Crippen molar-refractivity contribution in [3.8, 4) is 0 Å². The molecule has 1 aromatic heterocycles. The van der Waals surface area contributed by atoms with E-state index in [1.807, 2.05) is 4.68 Å². The summed E-state index contributed by atoms with van der Waals surface area (Å²) in [5.41, 5.74) is 8.06. The first-order chi connectivity index (χ1) is 8.61. The van der Waals surface area contributed by atoms with E-state index in [4.69, 9.17) is 5.73 Å². The molecule has 96 valence electrons. The molecule has 0 bridgehead atoms. The van der Waals surface area contributed by atoms with Crippen LogP contribution in [0.5, 0.6) is 0 Å². The second kappa shape index (κ2) is 5.44. The second-order valence-corrected chi connectivity index (χ2v) is 5.40. The van der Waals surface area contributed by atoms with Crippen molar-refractivity contribution in [3.05, 3.63) is 35.5 Å². The van der Waals surface area contributed by atoms with E-state index in [1.165, 1.54) is 10.5 Å². The minimum atomic E-state index is 0.325. The number of benzene rings is 1. The van der Waals surface area contributed by atoms with Gasteiger partial charge in [0.05, 0.1) is 12.2 Å². The van der Waals surface area contributed by atoms with E-state index in [-0.39, 0.29) is 0 Å². The lowest BCUT2D eigenvalue weighted by Gasteiger charge is -2.10. The summed E-state index contributed by atoms with van der Waals surface area (Å²) in [6, 6.07) is 8.48. The number of thioether (sulfide) groups is 1. The van der Waals surface area contributed by atoms with Crippen LogP contribution >= 0.6 is 11.8 Å². The molecule has 2 aromatic rings. The maximum atomic E-state index is 5.84. The molecule has 0 amide bonds. The molecule has 1 heterocycles. The van der Waals surface area contributed by atoms with E-state index in [1.54, 1.807) is 11.8 Å². The molecule has 0 saturated carbocycles. The van der Waals surface area contributed by atoms with Gasteiger partial charge in [-0.05, 0) is 29.9 Å². The first-order valence-electron chi connectivity index (χ1n) is 5.93. The monoisotopic (exact) mass is 262 g/mol. The highest BCUT2D eigenvalue weighted by atomic mass is 32.2. The van der Waals surface area contributed by atoms with Gasteiger partial charge in [0.15, 0.2) is 5.82 Å². The zero-order valence-electron chi connectivity index (χ0n) is 10.9. The van der Waals surface area contributed by atoms with Gasteiger partial charge in [-0.2, -0.15) is 0 Å². The van der Waals surface area contributed by atoms with Gasteiger partial charge in [-0.1, -0.05) is 31.2 Å². The third-order valence-corrected chi connectivity index (χ3v) is 3.58. The van der Waals surface area contributed by atoms with Crippen LogP contribution in [0, 0.1) is 0 Å². The first kappa shape index (κ1) is 13.0. The summed E-state index contributed by atoms with van der Waals surface area (Å²) in [7, 11) is 0. The van der Waals surface area contributed by atoms with Crippen molar-refractivity contribution >= 4 is 17.6 Å². The minimum absolute atomic E-state index is 0.325. The Labute approximate surface area is 112 Å². The Morgan fingerprint density at radius 3 is 2.50 bits per heavy atom. The Kier molecular flexibility index (Phi) is 3.91. The van der Waals surface area contributed by atoms with Crippen LogP contribution < -0.4 is 5.73 Å². The quantitative estimate of drug-likeness (QED) is 0.861. The van der Waals surface area contributed by atoms with Gasteiger partial charge in [0.25, 0.3) is 0 Å². The van der Waals surface area contributed by atoms with Gasteiger partial charge in [-0.25, -0.2) is 4.68 Å². The minimum Gasteiger partial charge on any atom is -0.381 e. The average molecular weight is 262 g/mol. The molecule has 0 aliphatic carbocycles. The van der Waals surface area contributed by atoms with Gasteiger partial charge in [-0.15, -0.1) is 16.9 Å². The van der Waals surface area contributed by atoms with Crippen LogP contribution in [0.2, 0.25) is 0 Å². The molecule has 2 rings (SSSR count). The van der Waals surface area contributed by atoms with Crippen LogP contribution in [-0.4, -0.2) is 21.2 Å². The maximum absolute atomic E-state index is 5.84. The number of nitrogens with zero attached hydrogens (tertiary/aromatic N) is 3. The molecule has 0 radical (unpaired) electrons. The van der Waals surface area contributed by atoms with E-state index in [2.05, 4.69) is 54.7 Å². The van der Waals surface area contributed by atoms with Crippen LogP contribution in [0.1, 0.15) is 31.0 Å². The second-order valence-electron chi connectivity index (χ2n) is 4.52. The fraction of sp³-hybridized carbons (Fsp3) is 0.385. The molecule has 0 fully saturated rings. The summed E-state index contributed by atoms with van der Waals surface area (Å²) in [6.07, 6.45) is 2.07. The smallest absolute Gasteiger partial charge is 0.169 e. The van der Waals surface area contributed by atoms with Crippen LogP contribution in [0.15, 0.2) is 29.2 Å². The molecular formula is C13H18N4S. The summed E-state index contributed by atoms with van der Waals surface area (Å²) in [6.45, 7) is 4.91. The molecule has 5 heteroatoms. The molecular weight excluding hydrogens is 244 g/mol. The molecule has 0 atom stereocenters. The van der Waals surface area contributed by atoms with Gasteiger partial charge in [0.2, 0.25) is 0 Å². The molecule has 0 aliphatic rings. The molecule has 1 aromatic carbocycles. The van der Waals surface area contributed by atoms with E-state index in [0.717, 1.165) is 5.69 Å². The van der Waals surface area contributed by atoms with E-state index < -0.39 is 0 Å². The van der Waals surface area contributed by atoms with Gasteiger partial charge >= 0.3 is 0 Å². The van der Waals surface area contributed by atoms with Crippen molar-refractivity contribution < 1.29 is 0 Å². The summed E-state index contributed by atoms with van der Waals surface area (Å²) >= 11 is 1.74. The fourth-order valence-electron chi connectivity index (χ4n) is 1.95. The number of aromatic nitrogens is 3. The highest BCUT2D eigenvalue weighted by molar-refractivity contribution is 7.98. The fourth-order valence-corrected chi connectivity index (χ4v) is 2.36. The SMILES string of the molecule is CSc1ccc(Cn2nnc(N)c2C(C)C)cc1. The number of hydrogen-bond donors (Lipinski definition) is 1. The normalized spacial score (nSPS) is 11.1. The number of rotatable bonds is 4. The van der Waals surface area contributed by atoms with E-state index in [9.17, 15) is 0 Å². The third-order valence-electron chi connectivity index (χ3n) is 2.84. The lowest BCUT2D eigenvalue weighted by atomic mass is 10.1. The summed E-state index contributed by atoms with van der Waals surface area (Å²) < 4.78 is 1.88. The van der Waals surface area contributed by atoms with E-state index in [0.29, 0.717) is 18.3 Å². The zero-order chi connectivity index (χ0) is 13.1. The van der Waals surface area contributed by atoms with Crippen LogP contribution in [0.25, 0.3) is 0 Å². The van der Waals surface area contributed by atoms with Crippen LogP contribution in [-0.2, 0) is 6.54 Å². The van der Waals surface area contributed by atoms with Crippen LogP contribution in [0.4, 0.5) is 5.82 Å². The Morgan fingerprint density at radius 1 is 1.28 bits per heavy atom. The lowest BCUT2D eigenvalue weighted by molar-refractivity contribution is 0.598. The summed E-state index contributed by atoms with van der Waals surface area (Å²) in [5, 5.41) is 8.07. The van der Waals surface area contributed by atoms with Crippen molar-refractivity contribution in [3.63, 3.8) is 0 Å². The largest absolute Gasteiger partial charge is 0.381 e. The van der Waals surface area contributed by atoms with Gasteiger partial charge in [0, 0.05) is 4.90 Å². The van der Waals surface area contributed by atoms with Crippen molar-refractivity contribution in [1.82, 2.24) is 15.0 Å². The van der Waals surface area contributed by atoms with Gasteiger partial charge in [0.1, 0.15) is 0 Å². The lowest BCUT2D eigenvalue weighted by Crippen LogP contribution is -2.08. The Bertz CT molecular complexity index is 516. The Hall–Kier alpha value is -1.49. The Balaban J connectivity index is 2.23. The molecule has 18 heavy (non-hydrogen) atoms. The van der Waals surface area contributed by atoms with Crippen molar-refractivity contribution in [2.45, 2.75) is 31.2 Å². The first-order valence-corrected chi connectivity index (χ1v) is 7.16. The zero-order valence-corrected chi connectivity index (χ0v) is 11.7. The third kappa shape index (κ3) is 2.67. The highest BCUT2D eigenvalue weighted by Gasteiger charge is 2.13. The average Bonchev–Trinajstić information content (AvgIpc) is 2.71. The molecule has 0 spiro atoms. The van der Waals surface area contributed by atoms with Crippen molar-refractivity contribution in [1.29, 1.82) is 0 Å². The maximum Gasteiger partial charge on any atom is 0.169 e. The standard InChI is InChI=1S/C13H18N4S/c1-9(2)12-13(14)15-16-17(12)8-10-4-6-11(18-3)7-5-10/h4-7,9H,8,14H2,1-3H3.